The van der Waals surface area contributed by atoms with E-state index in [4.69, 9.17) is 9.47 Å². The lowest BCUT2D eigenvalue weighted by Gasteiger charge is -2.29. The van der Waals surface area contributed by atoms with E-state index in [2.05, 4.69) is 11.9 Å². The smallest absolute Gasteiger partial charge is 0.246 e. The molecular formula is C17H22N2O4. The van der Waals surface area contributed by atoms with E-state index in [-0.39, 0.29) is 18.4 Å². The molecule has 2 rings (SSSR count). The molecular weight excluding hydrogens is 296 g/mol. The summed E-state index contributed by atoms with van der Waals surface area (Å²) in [7, 11) is 1.56. The van der Waals surface area contributed by atoms with Crippen molar-refractivity contribution >= 4 is 11.8 Å². The molecule has 1 aliphatic rings. The highest BCUT2D eigenvalue weighted by Gasteiger charge is 2.26. The molecule has 0 saturated carbocycles. The number of carbonyl (C=O) groups excluding carboxylic acids is 2. The molecule has 0 fully saturated rings. The second kappa shape index (κ2) is 6.73. The molecule has 1 aromatic carbocycles. The van der Waals surface area contributed by atoms with E-state index in [0.29, 0.717) is 24.7 Å². The fourth-order valence-corrected chi connectivity index (χ4v) is 2.34. The normalized spacial score (nSPS) is 13.2. The highest BCUT2D eigenvalue weighted by Crippen LogP contribution is 2.34. The van der Waals surface area contributed by atoms with Gasteiger partial charge in [0, 0.05) is 7.05 Å². The fraction of sp³-hybridized carbons (Fsp3) is 0.412. The van der Waals surface area contributed by atoms with Crippen molar-refractivity contribution in [2.45, 2.75) is 19.4 Å². The van der Waals surface area contributed by atoms with E-state index in [1.54, 1.807) is 7.05 Å². The number of ether oxygens (including phenoxy) is 2. The number of nitrogens with one attached hydrogen (secondary N) is 1. The first-order valence-electron chi connectivity index (χ1n) is 7.42. The minimum absolute atomic E-state index is 0.0289. The summed E-state index contributed by atoms with van der Waals surface area (Å²) >= 11 is 0. The summed E-state index contributed by atoms with van der Waals surface area (Å²) in [5, 5.41) is 2.93. The van der Waals surface area contributed by atoms with Crippen molar-refractivity contribution in [1.29, 1.82) is 0 Å². The largest absolute Gasteiger partial charge is 0.486 e. The molecule has 0 aromatic heterocycles. The van der Waals surface area contributed by atoms with Gasteiger partial charge in [-0.05, 0) is 37.6 Å². The van der Waals surface area contributed by atoms with Crippen LogP contribution in [0, 0.1) is 0 Å². The summed E-state index contributed by atoms with van der Waals surface area (Å²) in [6, 6.07) is 5.60. The third-order valence-corrected chi connectivity index (χ3v) is 3.65. The van der Waals surface area contributed by atoms with Crippen molar-refractivity contribution in [2.75, 3.05) is 26.8 Å². The van der Waals surface area contributed by atoms with Crippen LogP contribution in [0.2, 0.25) is 0 Å². The Kier molecular flexibility index (Phi) is 4.93. The molecule has 6 heteroatoms. The Morgan fingerprint density at radius 1 is 1.30 bits per heavy atom. The van der Waals surface area contributed by atoms with Gasteiger partial charge in [-0.2, -0.15) is 0 Å². The predicted molar refractivity (Wildman–Crippen MR) is 86.4 cm³/mol. The number of rotatable bonds is 5. The van der Waals surface area contributed by atoms with Gasteiger partial charge in [-0.15, -0.1) is 0 Å². The minimum atomic E-state index is -0.606. The number of fused-ring (bicyclic) bond motifs is 1. The standard InChI is InChI=1S/C17H22N2O4/c1-5-16(21)19(4)11-15(20)18-17(2,3)12-6-7-13-14(10-12)23-9-8-22-13/h5-7,10H,1,8-9,11H2,2-4H3,(H,18,20). The second-order valence-electron chi connectivity index (χ2n) is 5.93. The first-order valence-corrected chi connectivity index (χ1v) is 7.42. The zero-order valence-electron chi connectivity index (χ0n) is 13.7. The molecule has 0 radical (unpaired) electrons. The monoisotopic (exact) mass is 318 g/mol. The van der Waals surface area contributed by atoms with Gasteiger partial charge in [0.1, 0.15) is 13.2 Å². The lowest BCUT2D eigenvalue weighted by atomic mass is 9.93. The van der Waals surface area contributed by atoms with E-state index in [1.165, 1.54) is 11.0 Å². The molecule has 23 heavy (non-hydrogen) atoms. The van der Waals surface area contributed by atoms with Crippen LogP contribution in [-0.4, -0.2) is 43.5 Å². The van der Waals surface area contributed by atoms with E-state index >= 15 is 0 Å². The molecule has 1 N–H and O–H groups in total. The van der Waals surface area contributed by atoms with Crippen molar-refractivity contribution in [2.24, 2.45) is 0 Å². The maximum atomic E-state index is 12.2. The average molecular weight is 318 g/mol. The van der Waals surface area contributed by atoms with Crippen LogP contribution in [0.5, 0.6) is 11.5 Å². The van der Waals surface area contributed by atoms with Crippen LogP contribution >= 0.6 is 0 Å². The van der Waals surface area contributed by atoms with Gasteiger partial charge in [0.15, 0.2) is 11.5 Å². The SMILES string of the molecule is C=CC(=O)N(C)CC(=O)NC(C)(C)c1ccc2c(c1)OCCO2. The van der Waals surface area contributed by atoms with Crippen LogP contribution in [0.15, 0.2) is 30.9 Å². The van der Waals surface area contributed by atoms with Crippen molar-refractivity contribution in [1.82, 2.24) is 10.2 Å². The summed E-state index contributed by atoms with van der Waals surface area (Å²) in [5.74, 6) is 0.841. The molecule has 0 atom stereocenters. The number of carbonyl (C=O) groups is 2. The van der Waals surface area contributed by atoms with Gasteiger partial charge in [0.2, 0.25) is 11.8 Å². The third kappa shape index (κ3) is 4.03. The Balaban J connectivity index is 2.07. The summed E-state index contributed by atoms with van der Waals surface area (Å²) in [6.45, 7) is 8.21. The highest BCUT2D eigenvalue weighted by molar-refractivity contribution is 5.90. The number of hydrogen-bond acceptors (Lipinski definition) is 4. The summed E-state index contributed by atoms with van der Waals surface area (Å²) in [6.07, 6.45) is 1.18. The van der Waals surface area contributed by atoms with Crippen LogP contribution in [0.3, 0.4) is 0 Å². The zero-order valence-corrected chi connectivity index (χ0v) is 13.7. The van der Waals surface area contributed by atoms with E-state index in [0.717, 1.165) is 5.56 Å². The molecule has 1 aromatic rings. The summed E-state index contributed by atoms with van der Waals surface area (Å²) in [5.41, 5.74) is 0.290. The van der Waals surface area contributed by atoms with Gasteiger partial charge in [-0.3, -0.25) is 9.59 Å². The Morgan fingerprint density at radius 2 is 1.96 bits per heavy atom. The highest BCUT2D eigenvalue weighted by atomic mass is 16.6. The lowest BCUT2D eigenvalue weighted by Crippen LogP contribution is -2.46. The Hall–Kier alpha value is -2.50. The van der Waals surface area contributed by atoms with Crippen LogP contribution in [0.25, 0.3) is 0 Å². The van der Waals surface area contributed by atoms with E-state index in [1.807, 2.05) is 32.0 Å². The Morgan fingerprint density at radius 3 is 2.61 bits per heavy atom. The molecule has 6 nitrogen and oxygen atoms in total. The third-order valence-electron chi connectivity index (χ3n) is 3.65. The molecule has 1 aliphatic heterocycles. The van der Waals surface area contributed by atoms with Gasteiger partial charge in [0.05, 0.1) is 12.1 Å². The topological polar surface area (TPSA) is 67.9 Å². The van der Waals surface area contributed by atoms with Crippen molar-refractivity contribution in [3.63, 3.8) is 0 Å². The molecule has 0 bridgehead atoms. The number of likely N-dealkylation sites (N-methyl/N-ethyl adjacent to an activating group) is 1. The molecule has 1 heterocycles. The first-order chi connectivity index (χ1) is 10.8. The van der Waals surface area contributed by atoms with Crippen molar-refractivity contribution < 1.29 is 19.1 Å². The van der Waals surface area contributed by atoms with Crippen LogP contribution in [0.1, 0.15) is 19.4 Å². The summed E-state index contributed by atoms with van der Waals surface area (Å²) < 4.78 is 11.1. The average Bonchev–Trinajstić information content (AvgIpc) is 2.52. The number of amides is 2. The quantitative estimate of drug-likeness (QED) is 0.835. The van der Waals surface area contributed by atoms with Crippen molar-refractivity contribution in [3.05, 3.63) is 36.4 Å². The molecule has 0 aliphatic carbocycles. The van der Waals surface area contributed by atoms with Gasteiger partial charge >= 0.3 is 0 Å². The molecule has 2 amide bonds. The Labute approximate surface area is 136 Å². The van der Waals surface area contributed by atoms with Gasteiger partial charge in [-0.25, -0.2) is 0 Å². The van der Waals surface area contributed by atoms with Gasteiger partial charge < -0.3 is 19.7 Å². The first kappa shape index (κ1) is 16.9. The van der Waals surface area contributed by atoms with Crippen LogP contribution in [0.4, 0.5) is 0 Å². The number of benzene rings is 1. The van der Waals surface area contributed by atoms with E-state index in [9.17, 15) is 9.59 Å². The van der Waals surface area contributed by atoms with E-state index < -0.39 is 5.54 Å². The maximum absolute atomic E-state index is 12.2. The number of hydrogen-bond donors (Lipinski definition) is 1. The predicted octanol–water partition coefficient (Wildman–Crippen LogP) is 1.45. The minimum Gasteiger partial charge on any atom is -0.486 e. The molecule has 124 valence electrons. The zero-order chi connectivity index (χ0) is 17.0. The lowest BCUT2D eigenvalue weighted by molar-refractivity contribution is -0.132. The van der Waals surface area contributed by atoms with Gasteiger partial charge in [-0.1, -0.05) is 12.6 Å². The number of nitrogens with zero attached hydrogens (tertiary/aromatic N) is 1. The maximum Gasteiger partial charge on any atom is 0.246 e. The molecule has 0 spiro atoms. The van der Waals surface area contributed by atoms with Gasteiger partial charge in [0.25, 0.3) is 0 Å². The summed E-state index contributed by atoms with van der Waals surface area (Å²) in [4.78, 5) is 24.9. The fourth-order valence-electron chi connectivity index (χ4n) is 2.34. The second-order valence-corrected chi connectivity index (χ2v) is 5.93. The van der Waals surface area contributed by atoms with Crippen LogP contribution in [-0.2, 0) is 15.1 Å². The van der Waals surface area contributed by atoms with Crippen molar-refractivity contribution in [3.8, 4) is 11.5 Å². The molecule has 0 saturated heterocycles. The molecule has 0 unspecified atom stereocenters. The Bertz CT molecular complexity index is 625. The van der Waals surface area contributed by atoms with Crippen LogP contribution < -0.4 is 14.8 Å².